The maximum absolute atomic E-state index is 14.2. The molecule has 0 heterocycles. The molecule has 0 radical (unpaired) electrons. The van der Waals surface area contributed by atoms with Gasteiger partial charge in [-0.25, -0.2) is 0 Å². The average Bonchev–Trinajstić information content (AvgIpc) is 2.55. The van der Waals surface area contributed by atoms with E-state index in [1.54, 1.807) is 0 Å². The van der Waals surface area contributed by atoms with Gasteiger partial charge in [0, 0.05) is 0 Å². The second-order valence-electron chi connectivity index (χ2n) is 8.47. The SMILES string of the molecule is [CH3][Sn]([CH3])([CH3])[CH2]CC(CC(F)(F)C(F)(F)C(F)(F)C(F)(F)F)c1cccc(C(F)(F)F)c1. The van der Waals surface area contributed by atoms with Gasteiger partial charge < -0.3 is 0 Å². The van der Waals surface area contributed by atoms with Crippen LogP contribution in [0.3, 0.4) is 0 Å². The molecule has 1 atom stereocenters. The van der Waals surface area contributed by atoms with Crippen molar-refractivity contribution in [2.75, 3.05) is 0 Å². The summed E-state index contributed by atoms with van der Waals surface area (Å²) in [7, 11) is 0. The molecule has 0 saturated heterocycles. The quantitative estimate of drug-likeness (QED) is 0.213. The fraction of sp³-hybridized carbons (Fsp3) is 0.667. The molecule has 0 aliphatic heterocycles. The summed E-state index contributed by atoms with van der Waals surface area (Å²) in [6.07, 6.45) is -14.4. The zero-order valence-corrected chi connectivity index (χ0v) is 19.4. The Balaban J connectivity index is 3.41. The van der Waals surface area contributed by atoms with Crippen LogP contribution < -0.4 is 0 Å². The van der Waals surface area contributed by atoms with E-state index in [-0.39, 0.29) is 10.9 Å². The van der Waals surface area contributed by atoms with Gasteiger partial charge in [0.2, 0.25) is 0 Å². The standard InChI is InChI=1S/C15H11F12.3CH3.Sn/c1-2-8(9-4-3-5-10(6-9)12(18,19)20)7-11(16,17)13(21,22)14(23,24)15(25,26)27;;;;/h3-6,8H,1-2,7H2;3*1H3;. The van der Waals surface area contributed by atoms with Crippen LogP contribution >= 0.6 is 0 Å². The fourth-order valence-corrected chi connectivity index (χ4v) is 6.27. The van der Waals surface area contributed by atoms with Gasteiger partial charge in [-0.05, 0) is 0 Å². The van der Waals surface area contributed by atoms with Crippen LogP contribution in [0.2, 0.25) is 19.3 Å². The van der Waals surface area contributed by atoms with Crippen molar-refractivity contribution in [2.45, 2.75) is 68.1 Å². The first-order valence-corrected chi connectivity index (χ1v) is 19.5. The van der Waals surface area contributed by atoms with Gasteiger partial charge in [-0.2, -0.15) is 0 Å². The number of hydrogen-bond donors (Lipinski definition) is 0. The summed E-state index contributed by atoms with van der Waals surface area (Å²) in [6, 6.07) is 2.76. The molecule has 1 aromatic carbocycles. The summed E-state index contributed by atoms with van der Waals surface area (Å²) >= 11 is -2.82. The van der Waals surface area contributed by atoms with Crippen LogP contribution in [-0.2, 0) is 6.18 Å². The minimum atomic E-state index is -7.04. The second kappa shape index (κ2) is 8.85. The molecule has 13 heteroatoms. The van der Waals surface area contributed by atoms with Crippen LogP contribution in [-0.4, -0.2) is 42.3 Å². The third kappa shape index (κ3) is 6.59. The normalized spacial score (nSPS) is 15.8. The zero-order chi connectivity index (χ0) is 24.7. The Labute approximate surface area is 174 Å². The van der Waals surface area contributed by atoms with Gasteiger partial charge in [0.25, 0.3) is 0 Å². The molecule has 0 aromatic heterocycles. The Bertz CT molecular complexity index is 743. The van der Waals surface area contributed by atoms with Crippen molar-refractivity contribution in [1.29, 1.82) is 0 Å². The van der Waals surface area contributed by atoms with Crippen LogP contribution in [0.4, 0.5) is 52.7 Å². The van der Waals surface area contributed by atoms with Crippen molar-refractivity contribution in [3.8, 4) is 0 Å². The number of benzene rings is 1. The van der Waals surface area contributed by atoms with Gasteiger partial charge in [-0.15, -0.1) is 0 Å². The molecular weight excluding hydrogens is 563 g/mol. The Morgan fingerprint density at radius 3 is 1.71 bits per heavy atom. The molecule has 0 N–H and O–H groups in total. The first-order chi connectivity index (χ1) is 13.5. The summed E-state index contributed by atoms with van der Waals surface area (Å²) in [5, 5.41) is 0. The van der Waals surface area contributed by atoms with Crippen molar-refractivity contribution < 1.29 is 52.7 Å². The molecule has 1 rings (SSSR count). The Morgan fingerprint density at radius 1 is 0.774 bits per heavy atom. The molecule has 0 saturated carbocycles. The van der Waals surface area contributed by atoms with Gasteiger partial charge in [-0.3, -0.25) is 0 Å². The molecule has 0 amide bonds. The van der Waals surface area contributed by atoms with E-state index < -0.39 is 72.0 Å². The summed E-state index contributed by atoms with van der Waals surface area (Å²) in [5.41, 5.74) is -1.78. The zero-order valence-electron chi connectivity index (χ0n) is 16.5. The first-order valence-electron chi connectivity index (χ1n) is 8.90. The summed E-state index contributed by atoms with van der Waals surface area (Å²) < 4.78 is 158. The monoisotopic (exact) mass is 584 g/mol. The van der Waals surface area contributed by atoms with Crippen molar-refractivity contribution in [3.63, 3.8) is 0 Å². The van der Waals surface area contributed by atoms with Gasteiger partial charge in [0.15, 0.2) is 0 Å². The number of hydrogen-bond acceptors (Lipinski definition) is 0. The number of halogens is 12. The molecule has 0 fully saturated rings. The van der Waals surface area contributed by atoms with Gasteiger partial charge in [-0.1, -0.05) is 0 Å². The van der Waals surface area contributed by atoms with E-state index in [1.807, 2.05) is 14.8 Å². The van der Waals surface area contributed by atoms with Gasteiger partial charge >= 0.3 is 175 Å². The van der Waals surface area contributed by atoms with E-state index in [9.17, 15) is 52.7 Å². The van der Waals surface area contributed by atoms with Crippen LogP contribution in [0.25, 0.3) is 0 Å². The van der Waals surface area contributed by atoms with Gasteiger partial charge in [0.1, 0.15) is 0 Å². The minimum absolute atomic E-state index is 0.201. The van der Waals surface area contributed by atoms with Crippen molar-refractivity contribution in [3.05, 3.63) is 35.4 Å². The van der Waals surface area contributed by atoms with Crippen molar-refractivity contribution in [2.24, 2.45) is 0 Å². The molecular formula is C18H20F12Sn. The fourth-order valence-electron chi connectivity index (χ4n) is 2.81. The van der Waals surface area contributed by atoms with Crippen LogP contribution in [0.5, 0.6) is 0 Å². The molecule has 0 spiro atoms. The summed E-state index contributed by atoms with van der Waals surface area (Å²) in [6.45, 7) is 0. The Kier molecular flexibility index (Phi) is 8.05. The van der Waals surface area contributed by atoms with Crippen LogP contribution in [0.1, 0.15) is 29.9 Å². The third-order valence-corrected chi connectivity index (χ3v) is 9.75. The van der Waals surface area contributed by atoms with E-state index >= 15 is 0 Å². The molecule has 180 valence electrons. The summed E-state index contributed by atoms with van der Waals surface area (Å²) in [5.74, 6) is -21.5. The first kappa shape index (κ1) is 28.2. The molecule has 0 nitrogen and oxygen atoms in total. The topological polar surface area (TPSA) is 0 Å². The van der Waals surface area contributed by atoms with Crippen LogP contribution in [0.15, 0.2) is 24.3 Å². The molecule has 1 unspecified atom stereocenters. The van der Waals surface area contributed by atoms with Crippen LogP contribution in [0, 0.1) is 0 Å². The second-order valence-corrected chi connectivity index (χ2v) is 24.5. The molecule has 0 aliphatic carbocycles. The molecule has 0 bridgehead atoms. The third-order valence-electron chi connectivity index (χ3n) is 4.64. The van der Waals surface area contributed by atoms with E-state index in [2.05, 4.69) is 0 Å². The predicted molar refractivity (Wildman–Crippen MR) is 92.5 cm³/mol. The number of alkyl halides is 12. The van der Waals surface area contributed by atoms with E-state index in [0.29, 0.717) is 12.1 Å². The Hall–Kier alpha value is -0.821. The summed E-state index contributed by atoms with van der Waals surface area (Å²) in [4.78, 5) is 5.42. The molecule has 31 heavy (non-hydrogen) atoms. The molecule has 1 aromatic rings. The van der Waals surface area contributed by atoms with Gasteiger partial charge in [0.05, 0.1) is 0 Å². The van der Waals surface area contributed by atoms with E-state index in [1.165, 1.54) is 0 Å². The van der Waals surface area contributed by atoms with Crippen molar-refractivity contribution in [1.82, 2.24) is 0 Å². The maximum atomic E-state index is 14.2. The predicted octanol–water partition coefficient (Wildman–Crippen LogP) is 8.38. The van der Waals surface area contributed by atoms with E-state index in [4.69, 9.17) is 0 Å². The van der Waals surface area contributed by atoms with Crippen molar-refractivity contribution >= 4 is 18.4 Å². The molecule has 0 aliphatic rings. The Morgan fingerprint density at radius 2 is 1.29 bits per heavy atom. The van der Waals surface area contributed by atoms with E-state index in [0.717, 1.165) is 12.1 Å². The number of rotatable bonds is 8. The average molecular weight is 583 g/mol.